The van der Waals surface area contributed by atoms with E-state index in [4.69, 9.17) is 16.5 Å². The van der Waals surface area contributed by atoms with E-state index in [9.17, 15) is 4.79 Å². The molecule has 4 N–H and O–H groups in total. The number of hydrogen-bond donors (Lipinski definition) is 2. The molecule has 0 radical (unpaired) electrons. The maximum atomic E-state index is 11.5. The van der Waals surface area contributed by atoms with Crippen LogP contribution in [-0.2, 0) is 4.79 Å². The number of rotatable bonds is 3. The molecular formula is C15H23N5O. The van der Waals surface area contributed by atoms with E-state index in [0.717, 1.165) is 42.9 Å². The largest absolute Gasteiger partial charge is 0.383 e. The molecule has 2 unspecified atom stereocenters. The molecule has 2 aliphatic rings. The van der Waals surface area contributed by atoms with Crippen LogP contribution >= 0.6 is 0 Å². The molecule has 1 amide bonds. The van der Waals surface area contributed by atoms with Crippen molar-refractivity contribution in [1.82, 2.24) is 9.97 Å². The molecule has 1 aliphatic carbocycles. The average molecular weight is 289 g/mol. The fourth-order valence-corrected chi connectivity index (χ4v) is 2.98. The van der Waals surface area contributed by atoms with E-state index in [1.165, 1.54) is 0 Å². The summed E-state index contributed by atoms with van der Waals surface area (Å²) in [5, 5.41) is 0. The fraction of sp³-hybridized carbons (Fsp3) is 0.667. The predicted molar refractivity (Wildman–Crippen MR) is 81.9 cm³/mol. The highest BCUT2D eigenvalue weighted by molar-refractivity contribution is 5.77. The van der Waals surface area contributed by atoms with Crippen molar-refractivity contribution in [3.63, 3.8) is 0 Å². The topological polar surface area (TPSA) is 98.1 Å². The first-order valence-electron chi connectivity index (χ1n) is 7.67. The van der Waals surface area contributed by atoms with Gasteiger partial charge in [-0.25, -0.2) is 9.97 Å². The van der Waals surface area contributed by atoms with E-state index >= 15 is 0 Å². The molecule has 0 aromatic carbocycles. The van der Waals surface area contributed by atoms with Crippen molar-refractivity contribution < 1.29 is 4.79 Å². The molecule has 0 spiro atoms. The Morgan fingerprint density at radius 1 is 1.24 bits per heavy atom. The quantitative estimate of drug-likeness (QED) is 0.875. The van der Waals surface area contributed by atoms with Gasteiger partial charge in [-0.3, -0.25) is 4.79 Å². The smallest absolute Gasteiger partial charge is 0.222 e. The van der Waals surface area contributed by atoms with Crippen molar-refractivity contribution >= 4 is 17.5 Å². The number of carbonyl (C=O) groups is 1. The van der Waals surface area contributed by atoms with Gasteiger partial charge in [-0.2, -0.15) is 0 Å². The van der Waals surface area contributed by atoms with Crippen LogP contribution in [0.5, 0.6) is 0 Å². The Bertz CT molecular complexity index is 569. The van der Waals surface area contributed by atoms with Gasteiger partial charge in [-0.15, -0.1) is 0 Å². The molecule has 3 rings (SSSR count). The van der Waals surface area contributed by atoms with E-state index in [0.29, 0.717) is 24.3 Å². The monoisotopic (exact) mass is 289 g/mol. The van der Waals surface area contributed by atoms with Gasteiger partial charge in [-0.05, 0) is 39.5 Å². The van der Waals surface area contributed by atoms with Crippen LogP contribution in [0.2, 0.25) is 0 Å². The van der Waals surface area contributed by atoms with Gasteiger partial charge in [0.1, 0.15) is 17.5 Å². The minimum absolute atomic E-state index is 0.110. The fourth-order valence-electron chi connectivity index (χ4n) is 2.98. The zero-order valence-corrected chi connectivity index (χ0v) is 12.7. The van der Waals surface area contributed by atoms with E-state index in [1.54, 1.807) is 0 Å². The number of piperidine rings is 1. The first kappa shape index (κ1) is 14.1. The number of nitrogens with two attached hydrogens (primary N) is 2. The van der Waals surface area contributed by atoms with Gasteiger partial charge in [0.05, 0.1) is 5.92 Å². The lowest BCUT2D eigenvalue weighted by molar-refractivity contribution is -0.122. The maximum absolute atomic E-state index is 11.5. The summed E-state index contributed by atoms with van der Waals surface area (Å²) < 4.78 is 0. The van der Waals surface area contributed by atoms with Crippen molar-refractivity contribution in [3.8, 4) is 0 Å². The third-order valence-corrected chi connectivity index (χ3v) is 4.67. The number of primary amides is 1. The van der Waals surface area contributed by atoms with Crippen LogP contribution in [0.25, 0.3) is 0 Å². The summed E-state index contributed by atoms with van der Waals surface area (Å²) >= 11 is 0. The molecule has 1 saturated carbocycles. The number of amides is 1. The summed E-state index contributed by atoms with van der Waals surface area (Å²) in [5.74, 6) is 2.40. The molecule has 1 saturated heterocycles. The highest BCUT2D eigenvalue weighted by atomic mass is 16.1. The molecule has 6 heteroatoms. The van der Waals surface area contributed by atoms with Gasteiger partial charge in [0.2, 0.25) is 5.91 Å². The molecule has 0 bridgehead atoms. The summed E-state index contributed by atoms with van der Waals surface area (Å²) in [6.07, 6.45) is 4.07. The van der Waals surface area contributed by atoms with Gasteiger partial charge >= 0.3 is 0 Å². The van der Waals surface area contributed by atoms with Crippen LogP contribution in [0, 0.1) is 12.8 Å². The Labute approximate surface area is 124 Å². The lowest BCUT2D eigenvalue weighted by atomic mass is 9.92. The second-order valence-corrected chi connectivity index (χ2v) is 6.37. The van der Waals surface area contributed by atoms with Crippen molar-refractivity contribution in [2.45, 2.75) is 51.5 Å². The summed E-state index contributed by atoms with van der Waals surface area (Å²) in [6, 6.07) is 0.334. The molecule has 114 valence electrons. The molecule has 21 heavy (non-hydrogen) atoms. The Hall–Kier alpha value is -1.85. The zero-order chi connectivity index (χ0) is 15.1. The second-order valence-electron chi connectivity index (χ2n) is 6.37. The van der Waals surface area contributed by atoms with Crippen molar-refractivity contribution in [1.29, 1.82) is 0 Å². The van der Waals surface area contributed by atoms with Crippen molar-refractivity contribution in [3.05, 3.63) is 11.4 Å². The maximum Gasteiger partial charge on any atom is 0.222 e. The zero-order valence-electron chi connectivity index (χ0n) is 12.7. The molecule has 1 aliphatic heterocycles. The summed E-state index contributed by atoms with van der Waals surface area (Å²) in [5.41, 5.74) is 12.4. The molecule has 2 atom stereocenters. The first-order chi connectivity index (χ1) is 9.97. The summed E-state index contributed by atoms with van der Waals surface area (Å²) in [4.78, 5) is 22.9. The third kappa shape index (κ3) is 2.66. The van der Waals surface area contributed by atoms with Crippen LogP contribution in [-0.4, -0.2) is 28.5 Å². The van der Waals surface area contributed by atoms with Crippen LogP contribution < -0.4 is 16.4 Å². The standard InChI is InChI=1S/C15H23N5O/c1-8-3-4-11(13(17)21)7-20(8)15-9(2)12(16)18-14(19-15)10-5-6-10/h8,10-11H,3-7H2,1-2H3,(H2,17,21)(H2,16,18,19). The number of carbonyl (C=O) groups excluding carboxylic acids is 1. The molecule has 2 heterocycles. The highest BCUT2D eigenvalue weighted by Gasteiger charge is 2.33. The third-order valence-electron chi connectivity index (χ3n) is 4.67. The van der Waals surface area contributed by atoms with E-state index in [2.05, 4.69) is 16.8 Å². The molecule has 1 aromatic heterocycles. The van der Waals surface area contributed by atoms with Gasteiger partial charge in [0, 0.05) is 24.1 Å². The first-order valence-corrected chi connectivity index (χ1v) is 7.67. The van der Waals surface area contributed by atoms with Gasteiger partial charge < -0.3 is 16.4 Å². The van der Waals surface area contributed by atoms with Gasteiger partial charge in [-0.1, -0.05) is 0 Å². The molecule has 1 aromatic rings. The Morgan fingerprint density at radius 3 is 2.57 bits per heavy atom. The Morgan fingerprint density at radius 2 is 1.95 bits per heavy atom. The van der Waals surface area contributed by atoms with E-state index in [1.807, 2.05) is 6.92 Å². The number of nitrogens with zero attached hydrogens (tertiary/aromatic N) is 3. The lowest BCUT2D eigenvalue weighted by Crippen LogP contribution is -2.46. The highest BCUT2D eigenvalue weighted by Crippen LogP contribution is 2.40. The Kier molecular flexibility index (Phi) is 3.47. The minimum atomic E-state index is -0.228. The summed E-state index contributed by atoms with van der Waals surface area (Å²) in [6.45, 7) is 4.73. The van der Waals surface area contributed by atoms with Gasteiger partial charge in [0.15, 0.2) is 0 Å². The minimum Gasteiger partial charge on any atom is -0.383 e. The number of anilines is 2. The lowest BCUT2D eigenvalue weighted by Gasteiger charge is -2.38. The van der Waals surface area contributed by atoms with Gasteiger partial charge in [0.25, 0.3) is 0 Å². The normalized spacial score (nSPS) is 25.9. The number of aromatic nitrogens is 2. The van der Waals surface area contributed by atoms with Crippen molar-refractivity contribution in [2.24, 2.45) is 11.7 Å². The SMILES string of the molecule is Cc1c(N)nc(C2CC2)nc1N1CC(C(N)=O)CCC1C. The second kappa shape index (κ2) is 5.16. The average Bonchev–Trinajstić information content (AvgIpc) is 3.27. The molecule has 6 nitrogen and oxygen atoms in total. The van der Waals surface area contributed by atoms with Crippen LogP contribution in [0.4, 0.5) is 11.6 Å². The van der Waals surface area contributed by atoms with Crippen LogP contribution in [0.3, 0.4) is 0 Å². The predicted octanol–water partition coefficient (Wildman–Crippen LogP) is 1.33. The van der Waals surface area contributed by atoms with E-state index < -0.39 is 0 Å². The Balaban J connectivity index is 1.95. The summed E-state index contributed by atoms with van der Waals surface area (Å²) in [7, 11) is 0. The molecule has 2 fully saturated rings. The van der Waals surface area contributed by atoms with Crippen LogP contribution in [0.15, 0.2) is 0 Å². The molecular weight excluding hydrogens is 266 g/mol. The van der Waals surface area contributed by atoms with Crippen molar-refractivity contribution in [2.75, 3.05) is 17.2 Å². The number of hydrogen-bond acceptors (Lipinski definition) is 5. The van der Waals surface area contributed by atoms with Crippen LogP contribution in [0.1, 0.15) is 49.9 Å². The number of nitrogen functional groups attached to an aromatic ring is 1. The van der Waals surface area contributed by atoms with E-state index in [-0.39, 0.29) is 11.8 Å².